The molecule has 1 aromatic carbocycles. The molecule has 0 radical (unpaired) electrons. The smallest absolute Gasteiger partial charge is 0.219 e. The topological polar surface area (TPSA) is 60.5 Å². The Kier molecular flexibility index (Phi) is 6.21. The molecule has 1 aromatic heterocycles. The molecule has 1 atom stereocenters. The van der Waals surface area contributed by atoms with Gasteiger partial charge in [-0.1, -0.05) is 23.8 Å². The molecule has 0 bridgehead atoms. The highest BCUT2D eigenvalue weighted by Gasteiger charge is 2.06. The highest BCUT2D eigenvalue weighted by molar-refractivity contribution is 6.32. The zero-order valence-corrected chi connectivity index (χ0v) is 14.5. The largest absolute Gasteiger partial charge is 0.497 e. The van der Waals surface area contributed by atoms with E-state index < -0.39 is 0 Å². The van der Waals surface area contributed by atoms with Crippen molar-refractivity contribution >= 4 is 23.6 Å². The first-order valence-electron chi connectivity index (χ1n) is 7.40. The zero-order chi connectivity index (χ0) is 17.5. The van der Waals surface area contributed by atoms with Gasteiger partial charge in [0.15, 0.2) is 0 Å². The van der Waals surface area contributed by atoms with Crippen molar-refractivity contribution in [2.24, 2.45) is 0 Å². The molecular formula is C18H19ClN2O3. The summed E-state index contributed by atoms with van der Waals surface area (Å²) in [5.41, 5.74) is 0.903. The summed E-state index contributed by atoms with van der Waals surface area (Å²) in [4.78, 5) is 15.2. The summed E-state index contributed by atoms with van der Waals surface area (Å²) >= 11 is 6.14. The molecule has 24 heavy (non-hydrogen) atoms. The Morgan fingerprint density at radius 2 is 2.12 bits per heavy atom. The number of nitrogens with one attached hydrogen (secondary N) is 1. The van der Waals surface area contributed by atoms with Gasteiger partial charge in [-0.15, -0.1) is 0 Å². The van der Waals surface area contributed by atoms with Crippen LogP contribution in [0.2, 0.25) is 5.02 Å². The Morgan fingerprint density at radius 3 is 2.71 bits per heavy atom. The van der Waals surface area contributed by atoms with Crippen molar-refractivity contribution in [3.05, 3.63) is 53.2 Å². The van der Waals surface area contributed by atoms with E-state index in [9.17, 15) is 4.79 Å². The van der Waals surface area contributed by atoms with Crippen LogP contribution in [-0.4, -0.2) is 24.0 Å². The highest BCUT2D eigenvalue weighted by Crippen LogP contribution is 2.31. The number of hydrogen-bond acceptors (Lipinski definition) is 4. The van der Waals surface area contributed by atoms with Crippen LogP contribution >= 0.6 is 11.6 Å². The fraction of sp³-hybridized carbons (Fsp3) is 0.222. The number of amides is 1. The van der Waals surface area contributed by atoms with Crippen LogP contribution in [0, 0.1) is 0 Å². The predicted molar refractivity (Wildman–Crippen MR) is 94.6 cm³/mol. The second-order valence-corrected chi connectivity index (χ2v) is 5.58. The third kappa shape index (κ3) is 5.28. The highest BCUT2D eigenvalue weighted by atomic mass is 35.5. The van der Waals surface area contributed by atoms with Crippen molar-refractivity contribution in [3.63, 3.8) is 0 Å². The lowest BCUT2D eigenvalue weighted by Gasteiger charge is -2.08. The van der Waals surface area contributed by atoms with E-state index in [1.165, 1.54) is 6.92 Å². The Morgan fingerprint density at radius 1 is 1.33 bits per heavy atom. The fourth-order valence-electron chi connectivity index (χ4n) is 1.98. The van der Waals surface area contributed by atoms with Crippen molar-refractivity contribution in [2.75, 3.05) is 7.11 Å². The van der Waals surface area contributed by atoms with Crippen LogP contribution in [0.4, 0.5) is 0 Å². The van der Waals surface area contributed by atoms with Crippen molar-refractivity contribution in [1.82, 2.24) is 10.3 Å². The SMILES string of the molecule is COc1ccc(Oc2ccc(C=C[C@H](C)NC(C)=O)cn2)c(Cl)c1. The molecule has 0 aliphatic heterocycles. The number of hydrogen-bond donors (Lipinski definition) is 1. The van der Waals surface area contributed by atoms with Gasteiger partial charge >= 0.3 is 0 Å². The first-order chi connectivity index (χ1) is 11.5. The number of carbonyl (C=O) groups excluding carboxylic acids is 1. The number of halogens is 1. The van der Waals surface area contributed by atoms with Crippen LogP contribution in [0.15, 0.2) is 42.6 Å². The lowest BCUT2D eigenvalue weighted by atomic mass is 10.2. The minimum absolute atomic E-state index is 0.0449. The van der Waals surface area contributed by atoms with Gasteiger partial charge in [0.2, 0.25) is 11.8 Å². The average molecular weight is 347 g/mol. The van der Waals surface area contributed by atoms with E-state index in [1.807, 2.05) is 25.1 Å². The second-order valence-electron chi connectivity index (χ2n) is 5.18. The molecule has 6 heteroatoms. The maximum absolute atomic E-state index is 11.0. The summed E-state index contributed by atoms with van der Waals surface area (Å²) in [6.45, 7) is 3.39. The lowest BCUT2D eigenvalue weighted by molar-refractivity contribution is -0.119. The van der Waals surface area contributed by atoms with Gasteiger partial charge in [0.1, 0.15) is 11.5 Å². The van der Waals surface area contributed by atoms with Crippen molar-refractivity contribution < 1.29 is 14.3 Å². The lowest BCUT2D eigenvalue weighted by Crippen LogP contribution is -2.28. The molecule has 1 N–H and O–H groups in total. The monoisotopic (exact) mass is 346 g/mol. The Bertz CT molecular complexity index is 730. The first kappa shape index (κ1) is 17.8. The van der Waals surface area contributed by atoms with Crippen molar-refractivity contribution in [2.45, 2.75) is 19.9 Å². The maximum atomic E-state index is 11.0. The van der Waals surface area contributed by atoms with Gasteiger partial charge in [-0.2, -0.15) is 0 Å². The molecule has 0 saturated heterocycles. The van der Waals surface area contributed by atoms with Gasteiger partial charge in [0, 0.05) is 31.3 Å². The maximum Gasteiger partial charge on any atom is 0.219 e. The van der Waals surface area contributed by atoms with Crippen LogP contribution in [0.1, 0.15) is 19.4 Å². The number of carbonyl (C=O) groups is 1. The summed E-state index contributed by atoms with van der Waals surface area (Å²) in [5.74, 6) is 1.54. The number of aromatic nitrogens is 1. The molecule has 0 fully saturated rings. The van der Waals surface area contributed by atoms with Crippen LogP contribution < -0.4 is 14.8 Å². The molecule has 0 spiro atoms. The Labute approximate surface area is 146 Å². The average Bonchev–Trinajstić information content (AvgIpc) is 2.55. The number of pyridine rings is 1. The molecule has 0 aliphatic carbocycles. The molecule has 2 aromatic rings. The van der Waals surface area contributed by atoms with Gasteiger partial charge in [0.25, 0.3) is 0 Å². The van der Waals surface area contributed by atoms with E-state index in [1.54, 1.807) is 37.6 Å². The molecule has 1 heterocycles. The summed E-state index contributed by atoms with van der Waals surface area (Å²) in [6.07, 6.45) is 5.46. The van der Waals surface area contributed by atoms with Crippen molar-refractivity contribution in [1.29, 1.82) is 0 Å². The van der Waals surface area contributed by atoms with E-state index in [0.717, 1.165) is 5.56 Å². The molecule has 1 amide bonds. The van der Waals surface area contributed by atoms with E-state index in [-0.39, 0.29) is 11.9 Å². The molecule has 0 unspecified atom stereocenters. The van der Waals surface area contributed by atoms with Gasteiger partial charge in [-0.25, -0.2) is 4.98 Å². The summed E-state index contributed by atoms with van der Waals surface area (Å²) in [6, 6.07) is 8.75. The second kappa shape index (κ2) is 8.36. The van der Waals surface area contributed by atoms with E-state index in [4.69, 9.17) is 21.1 Å². The number of nitrogens with zero attached hydrogens (tertiary/aromatic N) is 1. The standard InChI is InChI=1S/C18H19ClN2O3/c1-12(21-13(2)22)4-5-14-6-9-18(20-11-14)24-17-8-7-15(23-3)10-16(17)19/h4-12H,1-3H3,(H,21,22)/t12-/m0/s1. The van der Waals surface area contributed by atoms with Crippen LogP contribution in [0.5, 0.6) is 17.4 Å². The third-order valence-electron chi connectivity index (χ3n) is 3.12. The summed E-state index contributed by atoms with van der Waals surface area (Å²) in [5, 5.41) is 3.23. The number of benzene rings is 1. The number of rotatable bonds is 6. The number of methoxy groups -OCH3 is 1. The summed E-state index contributed by atoms with van der Waals surface area (Å²) < 4.78 is 10.8. The third-order valence-corrected chi connectivity index (χ3v) is 3.42. The number of ether oxygens (including phenoxy) is 2. The Hall–Kier alpha value is -2.53. The first-order valence-corrected chi connectivity index (χ1v) is 7.78. The molecule has 0 saturated carbocycles. The molecular weight excluding hydrogens is 328 g/mol. The van der Waals surface area contributed by atoms with Gasteiger partial charge in [0.05, 0.1) is 12.1 Å². The van der Waals surface area contributed by atoms with E-state index in [0.29, 0.717) is 22.4 Å². The van der Waals surface area contributed by atoms with Gasteiger partial charge in [-0.05, 0) is 30.7 Å². The normalized spacial score (nSPS) is 12.0. The van der Waals surface area contributed by atoms with Crippen LogP contribution in [-0.2, 0) is 4.79 Å². The fourth-order valence-corrected chi connectivity index (χ4v) is 2.19. The molecule has 126 valence electrons. The predicted octanol–water partition coefficient (Wildman–Crippen LogP) is 4.07. The zero-order valence-electron chi connectivity index (χ0n) is 13.7. The Balaban J connectivity index is 2.02. The molecule has 0 aliphatic rings. The van der Waals surface area contributed by atoms with Crippen LogP contribution in [0.25, 0.3) is 6.08 Å². The minimum atomic E-state index is -0.0645. The molecule has 5 nitrogen and oxygen atoms in total. The van der Waals surface area contributed by atoms with Crippen LogP contribution in [0.3, 0.4) is 0 Å². The summed E-state index contributed by atoms with van der Waals surface area (Å²) in [7, 11) is 1.58. The van der Waals surface area contributed by atoms with Gasteiger partial charge < -0.3 is 14.8 Å². The van der Waals surface area contributed by atoms with Crippen molar-refractivity contribution in [3.8, 4) is 17.4 Å². The van der Waals surface area contributed by atoms with E-state index >= 15 is 0 Å². The minimum Gasteiger partial charge on any atom is -0.497 e. The van der Waals surface area contributed by atoms with E-state index in [2.05, 4.69) is 10.3 Å². The van der Waals surface area contributed by atoms with Gasteiger partial charge in [-0.3, -0.25) is 4.79 Å². The quantitative estimate of drug-likeness (QED) is 0.856. The molecule has 2 rings (SSSR count).